The lowest BCUT2D eigenvalue weighted by Gasteiger charge is -2.01. The highest BCUT2D eigenvalue weighted by molar-refractivity contribution is 5.56. The Balaban J connectivity index is 1.86. The van der Waals surface area contributed by atoms with Crippen LogP contribution in [0.1, 0.15) is 18.5 Å². The predicted octanol–water partition coefficient (Wildman–Crippen LogP) is -2.06. The van der Waals surface area contributed by atoms with Crippen LogP contribution in [-0.4, -0.2) is 50.2 Å². The van der Waals surface area contributed by atoms with E-state index in [9.17, 15) is 14.7 Å². The fraction of sp³-hybridized carbons (Fsp3) is 0.200. The first-order valence-electron chi connectivity index (χ1n) is 8.16. The zero-order valence-electron chi connectivity index (χ0n) is 13.7. The molecule has 4 N–H and O–H groups in total. The van der Waals surface area contributed by atoms with Crippen molar-refractivity contribution in [2.45, 2.75) is 18.9 Å². The quantitative estimate of drug-likeness (QED) is 0.325. The number of imidazole rings is 2. The van der Waals surface area contributed by atoms with Crippen LogP contribution in [-0.2, 0) is 0 Å². The third kappa shape index (κ3) is 2.63. The van der Waals surface area contributed by atoms with Crippen LogP contribution in [0.15, 0.2) is 33.3 Å². The highest BCUT2D eigenvalue weighted by Crippen LogP contribution is 2.22. The first-order chi connectivity index (χ1) is 13.1. The molecular weight excluding hydrogens is 354 g/mol. The Morgan fingerprint density at radius 2 is 2.11 bits per heavy atom. The zero-order chi connectivity index (χ0) is 18.5. The standard InChI is InChI=1S/C15H13N9O3/c25-11-8(5-9-12(26)20-15(27)18-9)10-19-13(23-4-3-16-6-23)21-14(24(10)22-11)17-7-1-2-7/h3-7,26H,1-2H2,(H,22,25)(H2,18,20,27). The second-order valence-corrected chi connectivity index (χ2v) is 6.15. The lowest BCUT2D eigenvalue weighted by atomic mass is 10.3. The Morgan fingerprint density at radius 1 is 1.26 bits per heavy atom. The highest BCUT2D eigenvalue weighted by Gasteiger charge is 2.21. The number of nitrogens with zero attached hydrogens (tertiary/aromatic N) is 6. The van der Waals surface area contributed by atoms with Crippen molar-refractivity contribution < 1.29 is 5.11 Å². The van der Waals surface area contributed by atoms with Crippen LogP contribution in [0.4, 0.5) is 0 Å². The fourth-order valence-corrected chi connectivity index (χ4v) is 2.66. The average Bonchev–Trinajstić information content (AvgIpc) is 3.03. The summed E-state index contributed by atoms with van der Waals surface area (Å²) >= 11 is 0. The van der Waals surface area contributed by atoms with Crippen molar-refractivity contribution in [3.8, 4) is 11.8 Å². The minimum atomic E-state index is -0.586. The maximum Gasteiger partial charge on any atom is 0.326 e. The number of hydrogen-bond acceptors (Lipinski definition) is 7. The van der Waals surface area contributed by atoms with Crippen molar-refractivity contribution in [3.63, 3.8) is 0 Å². The van der Waals surface area contributed by atoms with E-state index in [0.717, 1.165) is 12.8 Å². The van der Waals surface area contributed by atoms with Crippen LogP contribution in [0.25, 0.3) is 17.7 Å². The second-order valence-electron chi connectivity index (χ2n) is 6.15. The molecule has 0 amide bonds. The smallest absolute Gasteiger partial charge is 0.326 e. The van der Waals surface area contributed by atoms with Crippen LogP contribution in [0.2, 0.25) is 0 Å². The van der Waals surface area contributed by atoms with Gasteiger partial charge in [0.1, 0.15) is 12.0 Å². The van der Waals surface area contributed by atoms with Crippen molar-refractivity contribution in [1.29, 1.82) is 0 Å². The molecule has 12 nitrogen and oxygen atoms in total. The normalized spacial score (nSPS) is 15.9. The molecule has 0 unspecified atom stereocenters. The minimum Gasteiger partial charge on any atom is -0.493 e. The van der Waals surface area contributed by atoms with Gasteiger partial charge in [0, 0.05) is 12.4 Å². The summed E-state index contributed by atoms with van der Waals surface area (Å²) in [6.07, 6.45) is 8.08. The van der Waals surface area contributed by atoms with E-state index in [0.29, 0.717) is 11.6 Å². The summed E-state index contributed by atoms with van der Waals surface area (Å²) in [4.78, 5) is 45.8. The molecule has 0 aliphatic heterocycles. The van der Waals surface area contributed by atoms with Crippen molar-refractivity contribution in [3.05, 3.63) is 56.1 Å². The number of nitrogens with one attached hydrogen (secondary N) is 3. The molecule has 0 aromatic carbocycles. The third-order valence-electron chi connectivity index (χ3n) is 4.12. The van der Waals surface area contributed by atoms with Crippen molar-refractivity contribution in [2.24, 2.45) is 4.99 Å². The van der Waals surface area contributed by atoms with E-state index in [-0.39, 0.29) is 28.5 Å². The van der Waals surface area contributed by atoms with Gasteiger partial charge >= 0.3 is 5.69 Å². The molecule has 0 bridgehead atoms. The molecule has 1 aliphatic carbocycles. The summed E-state index contributed by atoms with van der Waals surface area (Å²) < 4.78 is 3.00. The van der Waals surface area contributed by atoms with Crippen molar-refractivity contribution in [1.82, 2.24) is 39.1 Å². The fourth-order valence-electron chi connectivity index (χ4n) is 2.66. The maximum absolute atomic E-state index is 12.5. The highest BCUT2D eigenvalue weighted by atomic mass is 16.3. The minimum absolute atomic E-state index is 0.0714. The van der Waals surface area contributed by atoms with E-state index in [1.54, 1.807) is 17.0 Å². The molecule has 0 spiro atoms. The number of fused-ring (bicyclic) bond motifs is 1. The first kappa shape index (κ1) is 15.3. The van der Waals surface area contributed by atoms with Crippen molar-refractivity contribution in [2.75, 3.05) is 0 Å². The summed E-state index contributed by atoms with van der Waals surface area (Å²) in [6.45, 7) is 0. The number of aromatic hydroxyl groups is 1. The van der Waals surface area contributed by atoms with Crippen molar-refractivity contribution >= 4 is 11.7 Å². The topological polar surface area (TPSA) is 162 Å². The molecule has 27 heavy (non-hydrogen) atoms. The van der Waals surface area contributed by atoms with Crippen LogP contribution in [0, 0.1) is 0 Å². The lowest BCUT2D eigenvalue weighted by Crippen LogP contribution is -2.25. The molecule has 0 atom stereocenters. The monoisotopic (exact) mass is 367 g/mol. The van der Waals surface area contributed by atoms with E-state index in [2.05, 4.69) is 35.0 Å². The summed E-state index contributed by atoms with van der Waals surface area (Å²) in [5, 5.41) is 12.6. The Hall–Kier alpha value is -3.96. The van der Waals surface area contributed by atoms with Gasteiger partial charge < -0.3 is 10.1 Å². The Kier molecular flexibility index (Phi) is 3.13. The molecule has 4 aromatic heterocycles. The molecule has 1 fully saturated rings. The van der Waals surface area contributed by atoms with Gasteiger partial charge in [-0.05, 0) is 18.9 Å². The molecule has 0 saturated heterocycles. The van der Waals surface area contributed by atoms with Gasteiger partial charge in [-0.15, -0.1) is 0 Å². The van der Waals surface area contributed by atoms with Gasteiger partial charge in [-0.1, -0.05) is 0 Å². The summed E-state index contributed by atoms with van der Waals surface area (Å²) in [5.74, 6) is -0.0714. The number of aromatic nitrogens is 8. The average molecular weight is 367 g/mol. The summed E-state index contributed by atoms with van der Waals surface area (Å²) in [7, 11) is 0. The molecule has 12 heteroatoms. The van der Waals surface area contributed by atoms with Crippen LogP contribution >= 0.6 is 0 Å². The van der Waals surface area contributed by atoms with Crippen LogP contribution in [0.3, 0.4) is 0 Å². The van der Waals surface area contributed by atoms with E-state index in [1.165, 1.54) is 16.9 Å². The summed E-state index contributed by atoms with van der Waals surface area (Å²) in [6, 6.07) is 0.169. The second kappa shape index (κ2) is 5.52. The van der Waals surface area contributed by atoms with Gasteiger partial charge in [-0.2, -0.15) is 14.5 Å². The SMILES string of the molecule is O=c1[nH]c(O)c(C=c2c(=O)[nH]n3c(=NC4CC4)nc(-n4ccnc4)nc23)[nH]1. The Bertz CT molecular complexity index is 1380. The lowest BCUT2D eigenvalue weighted by molar-refractivity contribution is 0.454. The van der Waals surface area contributed by atoms with Crippen LogP contribution in [0.5, 0.6) is 5.88 Å². The van der Waals surface area contributed by atoms with E-state index < -0.39 is 11.2 Å². The van der Waals surface area contributed by atoms with Gasteiger partial charge in [-0.3, -0.25) is 19.4 Å². The van der Waals surface area contributed by atoms with Gasteiger partial charge in [0.25, 0.3) is 5.56 Å². The zero-order valence-corrected chi connectivity index (χ0v) is 13.7. The molecule has 0 radical (unpaired) electrons. The summed E-state index contributed by atoms with van der Waals surface area (Å²) in [5.41, 5.74) is -0.394. The molecule has 1 saturated carbocycles. The molecule has 4 aromatic rings. The number of H-pyrrole nitrogens is 3. The van der Waals surface area contributed by atoms with Crippen LogP contribution < -0.4 is 22.1 Å². The maximum atomic E-state index is 12.5. The molecular formula is C15H13N9O3. The molecule has 4 heterocycles. The Labute approximate surface area is 148 Å². The largest absolute Gasteiger partial charge is 0.493 e. The third-order valence-corrected chi connectivity index (χ3v) is 4.12. The number of aromatic amines is 3. The van der Waals surface area contributed by atoms with Gasteiger partial charge in [-0.25, -0.2) is 14.8 Å². The predicted molar refractivity (Wildman–Crippen MR) is 91.2 cm³/mol. The Morgan fingerprint density at radius 3 is 2.78 bits per heavy atom. The first-order valence-corrected chi connectivity index (χ1v) is 8.16. The number of rotatable bonds is 3. The molecule has 5 rings (SSSR count). The van der Waals surface area contributed by atoms with Gasteiger partial charge in [0.05, 0.1) is 11.3 Å². The van der Waals surface area contributed by atoms with Gasteiger partial charge in [0.15, 0.2) is 5.65 Å². The number of hydrogen-bond donors (Lipinski definition) is 4. The molecule has 1 aliphatic rings. The van der Waals surface area contributed by atoms with Gasteiger partial charge in [0.2, 0.25) is 17.4 Å². The van der Waals surface area contributed by atoms with E-state index in [1.807, 2.05) is 0 Å². The molecule has 136 valence electrons. The van der Waals surface area contributed by atoms with E-state index in [4.69, 9.17) is 0 Å². The van der Waals surface area contributed by atoms with E-state index >= 15 is 0 Å².